The summed E-state index contributed by atoms with van der Waals surface area (Å²) in [6.45, 7) is 4.31. The van der Waals surface area contributed by atoms with E-state index in [0.29, 0.717) is 12.2 Å². The van der Waals surface area contributed by atoms with Gasteiger partial charge in [-0.3, -0.25) is 4.55 Å². The lowest BCUT2D eigenvalue weighted by atomic mass is 10.2. The van der Waals surface area contributed by atoms with Crippen LogP contribution in [0.5, 0.6) is 0 Å². The van der Waals surface area contributed by atoms with Crippen LogP contribution in [0.25, 0.3) is 0 Å². The van der Waals surface area contributed by atoms with Crippen molar-refractivity contribution in [1.82, 2.24) is 0 Å². The molecule has 6 heteroatoms. The molecule has 1 aromatic carbocycles. The molecular formula is C11H18N2O3S. The van der Waals surface area contributed by atoms with Crippen molar-refractivity contribution in [2.45, 2.75) is 19.1 Å². The molecule has 0 bridgehead atoms. The lowest BCUT2D eigenvalue weighted by Crippen LogP contribution is -2.35. The lowest BCUT2D eigenvalue weighted by Gasteiger charge is -2.25. The minimum absolute atomic E-state index is 0.249. The van der Waals surface area contributed by atoms with E-state index in [9.17, 15) is 8.42 Å². The number of nitrogen functional groups attached to an aromatic ring is 1. The van der Waals surface area contributed by atoms with Crippen LogP contribution in [0.1, 0.15) is 13.8 Å². The number of nitrogens with two attached hydrogens (primary N) is 1. The maximum atomic E-state index is 11.0. The molecule has 17 heavy (non-hydrogen) atoms. The molecule has 0 aliphatic rings. The third-order valence-electron chi connectivity index (χ3n) is 2.63. The molecular weight excluding hydrogens is 240 g/mol. The van der Waals surface area contributed by atoms with Crippen LogP contribution in [0.4, 0.5) is 11.4 Å². The van der Waals surface area contributed by atoms with Gasteiger partial charge in [-0.05, 0) is 38.1 Å². The molecule has 0 heterocycles. The van der Waals surface area contributed by atoms with Crippen molar-refractivity contribution in [3.05, 3.63) is 24.3 Å². The molecule has 96 valence electrons. The van der Waals surface area contributed by atoms with Crippen LogP contribution < -0.4 is 10.6 Å². The van der Waals surface area contributed by atoms with Crippen LogP contribution in [0.15, 0.2) is 24.3 Å². The second kappa shape index (κ2) is 5.37. The highest BCUT2D eigenvalue weighted by Crippen LogP contribution is 2.17. The summed E-state index contributed by atoms with van der Waals surface area (Å²) in [5, 5.41) is -0.819. The van der Waals surface area contributed by atoms with Crippen molar-refractivity contribution in [3.8, 4) is 0 Å². The maximum absolute atomic E-state index is 11.0. The average Bonchev–Trinajstić information content (AvgIpc) is 2.25. The zero-order chi connectivity index (χ0) is 13.1. The number of nitrogens with zero attached hydrogens (tertiary/aromatic N) is 1. The van der Waals surface area contributed by atoms with E-state index in [-0.39, 0.29) is 6.54 Å². The van der Waals surface area contributed by atoms with Crippen LogP contribution in [-0.4, -0.2) is 31.3 Å². The van der Waals surface area contributed by atoms with Gasteiger partial charge in [0, 0.05) is 24.5 Å². The van der Waals surface area contributed by atoms with Crippen molar-refractivity contribution in [2.75, 3.05) is 23.7 Å². The topological polar surface area (TPSA) is 83.6 Å². The van der Waals surface area contributed by atoms with E-state index in [1.807, 2.05) is 24.0 Å². The average molecular weight is 258 g/mol. The Labute approximate surface area is 102 Å². The van der Waals surface area contributed by atoms with Crippen LogP contribution in [0.2, 0.25) is 0 Å². The molecule has 1 unspecified atom stereocenters. The minimum Gasteiger partial charge on any atom is -0.399 e. The van der Waals surface area contributed by atoms with Crippen LogP contribution in [0, 0.1) is 0 Å². The number of hydrogen-bond acceptors (Lipinski definition) is 4. The Balaban J connectivity index is 2.83. The zero-order valence-electron chi connectivity index (χ0n) is 10.00. The fraction of sp³-hybridized carbons (Fsp3) is 0.455. The summed E-state index contributed by atoms with van der Waals surface area (Å²) in [5.41, 5.74) is 7.13. The normalized spacial score (nSPS) is 13.4. The molecule has 0 radical (unpaired) electrons. The van der Waals surface area contributed by atoms with Gasteiger partial charge >= 0.3 is 0 Å². The summed E-state index contributed by atoms with van der Waals surface area (Å²) >= 11 is 0. The Morgan fingerprint density at radius 1 is 1.35 bits per heavy atom. The van der Waals surface area contributed by atoms with Gasteiger partial charge in [-0.15, -0.1) is 0 Å². The van der Waals surface area contributed by atoms with Crippen LogP contribution in [0.3, 0.4) is 0 Å². The SMILES string of the molecule is CCN(CC(C)S(=O)(=O)O)c1ccc(N)cc1. The van der Waals surface area contributed by atoms with E-state index < -0.39 is 15.4 Å². The predicted octanol–water partition coefficient (Wildman–Crippen LogP) is 1.37. The second-order valence-electron chi connectivity index (χ2n) is 3.96. The third-order valence-corrected chi connectivity index (χ3v) is 3.79. The largest absolute Gasteiger partial charge is 0.399 e. The van der Waals surface area contributed by atoms with Gasteiger partial charge in [0.05, 0.1) is 0 Å². The summed E-state index contributed by atoms with van der Waals surface area (Å²) in [4.78, 5) is 1.87. The van der Waals surface area contributed by atoms with Gasteiger partial charge in [-0.25, -0.2) is 0 Å². The quantitative estimate of drug-likeness (QED) is 0.615. The maximum Gasteiger partial charge on any atom is 0.269 e. The molecule has 0 aliphatic carbocycles. The second-order valence-corrected chi connectivity index (χ2v) is 5.79. The molecule has 1 atom stereocenters. The first-order valence-electron chi connectivity index (χ1n) is 5.41. The standard InChI is InChI=1S/C11H18N2O3S/c1-3-13(8-9(2)17(14,15)16)11-6-4-10(12)5-7-11/h4-7,9H,3,8,12H2,1-2H3,(H,14,15,16). The van der Waals surface area contributed by atoms with E-state index in [1.165, 1.54) is 6.92 Å². The van der Waals surface area contributed by atoms with E-state index in [4.69, 9.17) is 10.3 Å². The Morgan fingerprint density at radius 2 is 1.88 bits per heavy atom. The molecule has 1 aromatic rings. The molecule has 3 N–H and O–H groups in total. The van der Waals surface area contributed by atoms with Gasteiger partial charge in [-0.1, -0.05) is 0 Å². The first kappa shape index (κ1) is 13.8. The van der Waals surface area contributed by atoms with Gasteiger partial charge in [0.1, 0.15) is 5.25 Å². The summed E-state index contributed by atoms with van der Waals surface area (Å²) < 4.78 is 30.9. The fourth-order valence-electron chi connectivity index (χ4n) is 1.51. The predicted molar refractivity (Wildman–Crippen MR) is 69.8 cm³/mol. The van der Waals surface area contributed by atoms with Crippen molar-refractivity contribution in [1.29, 1.82) is 0 Å². The highest BCUT2D eigenvalue weighted by molar-refractivity contribution is 7.86. The molecule has 0 fully saturated rings. The van der Waals surface area contributed by atoms with Gasteiger partial charge in [0.15, 0.2) is 0 Å². The molecule has 5 nitrogen and oxygen atoms in total. The smallest absolute Gasteiger partial charge is 0.269 e. The summed E-state index contributed by atoms with van der Waals surface area (Å²) in [6, 6.07) is 7.18. The Morgan fingerprint density at radius 3 is 2.29 bits per heavy atom. The number of anilines is 2. The van der Waals surface area contributed by atoms with Gasteiger partial charge < -0.3 is 10.6 Å². The van der Waals surface area contributed by atoms with E-state index in [1.54, 1.807) is 12.1 Å². The first-order chi connectivity index (χ1) is 7.84. The summed E-state index contributed by atoms with van der Waals surface area (Å²) in [6.07, 6.45) is 0. The highest BCUT2D eigenvalue weighted by atomic mass is 32.2. The van der Waals surface area contributed by atoms with E-state index >= 15 is 0 Å². The number of benzene rings is 1. The summed E-state index contributed by atoms with van der Waals surface area (Å²) in [5.74, 6) is 0. The van der Waals surface area contributed by atoms with Crippen molar-refractivity contribution < 1.29 is 13.0 Å². The summed E-state index contributed by atoms with van der Waals surface area (Å²) in [7, 11) is -3.99. The van der Waals surface area contributed by atoms with Gasteiger partial charge in [0.25, 0.3) is 10.1 Å². The Bertz CT molecular complexity index is 456. The van der Waals surface area contributed by atoms with Gasteiger partial charge in [-0.2, -0.15) is 8.42 Å². The number of rotatable bonds is 5. The van der Waals surface area contributed by atoms with Crippen LogP contribution in [-0.2, 0) is 10.1 Å². The molecule has 0 aromatic heterocycles. The zero-order valence-corrected chi connectivity index (χ0v) is 10.8. The Kier molecular flexibility index (Phi) is 4.36. The fourth-order valence-corrected chi connectivity index (χ4v) is 1.88. The first-order valence-corrected chi connectivity index (χ1v) is 6.91. The van der Waals surface area contributed by atoms with E-state index in [0.717, 1.165) is 5.69 Å². The Hall–Kier alpha value is -1.27. The van der Waals surface area contributed by atoms with Crippen LogP contribution >= 0.6 is 0 Å². The molecule has 0 spiro atoms. The van der Waals surface area contributed by atoms with Crippen molar-refractivity contribution >= 4 is 21.5 Å². The van der Waals surface area contributed by atoms with Crippen molar-refractivity contribution in [2.24, 2.45) is 0 Å². The van der Waals surface area contributed by atoms with E-state index in [2.05, 4.69) is 0 Å². The minimum atomic E-state index is -3.99. The third kappa shape index (κ3) is 3.90. The molecule has 0 amide bonds. The highest BCUT2D eigenvalue weighted by Gasteiger charge is 2.20. The van der Waals surface area contributed by atoms with Gasteiger partial charge in [0.2, 0.25) is 0 Å². The van der Waals surface area contributed by atoms with Crippen molar-refractivity contribution in [3.63, 3.8) is 0 Å². The molecule has 1 rings (SSSR count). The molecule has 0 aliphatic heterocycles. The monoisotopic (exact) mass is 258 g/mol. The lowest BCUT2D eigenvalue weighted by molar-refractivity contribution is 0.469. The number of hydrogen-bond donors (Lipinski definition) is 2. The molecule has 0 saturated heterocycles. The molecule has 0 saturated carbocycles.